The average Bonchev–Trinajstić information content (AvgIpc) is 3.22. The number of carbonyl (C=O) groups is 2. The zero-order valence-electron chi connectivity index (χ0n) is 20.1. The number of esters is 1. The van der Waals surface area contributed by atoms with E-state index in [0.29, 0.717) is 18.1 Å². The van der Waals surface area contributed by atoms with Gasteiger partial charge in [-0.3, -0.25) is 0 Å². The van der Waals surface area contributed by atoms with E-state index in [-0.39, 0.29) is 5.97 Å². The largest absolute Gasteiger partial charge is 0.490 e. The number of aromatic nitrogens is 2. The molecule has 0 amide bonds. The van der Waals surface area contributed by atoms with Gasteiger partial charge in [-0.1, -0.05) is 12.1 Å². The summed E-state index contributed by atoms with van der Waals surface area (Å²) in [5, 5.41) is 15.2. The molecular formula is C25H27F3N4O5. The van der Waals surface area contributed by atoms with Gasteiger partial charge in [0.05, 0.1) is 42.3 Å². The highest BCUT2D eigenvalue weighted by Gasteiger charge is 2.38. The van der Waals surface area contributed by atoms with Crippen LogP contribution in [0.1, 0.15) is 28.8 Å². The summed E-state index contributed by atoms with van der Waals surface area (Å²) in [4.78, 5) is 23.3. The number of hydrogen-bond donors (Lipinski definition) is 2. The van der Waals surface area contributed by atoms with Crippen LogP contribution in [0.3, 0.4) is 0 Å². The van der Waals surface area contributed by atoms with Gasteiger partial charge in [-0.25, -0.2) is 14.1 Å². The average molecular weight is 521 g/mol. The molecule has 0 radical (unpaired) electrons. The zero-order chi connectivity index (χ0) is 26.6. The smallest absolute Gasteiger partial charge is 0.475 e. The molecule has 2 aromatic heterocycles. The van der Waals surface area contributed by atoms with E-state index in [2.05, 4.69) is 26.9 Å². The van der Waals surface area contributed by atoms with Gasteiger partial charge in [-0.15, -0.1) is 0 Å². The Morgan fingerprint density at radius 2 is 1.81 bits per heavy atom. The number of alkyl halides is 3. The van der Waals surface area contributed by atoms with Gasteiger partial charge in [0.2, 0.25) is 0 Å². The fourth-order valence-electron chi connectivity index (χ4n) is 4.24. The van der Waals surface area contributed by atoms with Crippen LogP contribution in [-0.4, -0.2) is 78.8 Å². The maximum atomic E-state index is 12.0. The summed E-state index contributed by atoms with van der Waals surface area (Å²) in [5.41, 5.74) is 6.32. The van der Waals surface area contributed by atoms with Crippen molar-refractivity contribution in [3.63, 3.8) is 0 Å². The van der Waals surface area contributed by atoms with Crippen molar-refractivity contribution in [2.24, 2.45) is 0 Å². The van der Waals surface area contributed by atoms with Crippen LogP contribution < -0.4 is 10.2 Å². The first-order valence-electron chi connectivity index (χ1n) is 11.8. The molecule has 0 bridgehead atoms. The molecule has 9 nitrogen and oxygen atoms in total. The number of aliphatic carboxylic acids is 1. The first-order valence-corrected chi connectivity index (χ1v) is 11.8. The Morgan fingerprint density at radius 1 is 1.16 bits per heavy atom. The predicted molar refractivity (Wildman–Crippen MR) is 129 cm³/mol. The van der Waals surface area contributed by atoms with Gasteiger partial charge in [0.15, 0.2) is 0 Å². The van der Waals surface area contributed by atoms with Crippen molar-refractivity contribution in [1.29, 1.82) is 0 Å². The number of halogens is 3. The minimum Gasteiger partial charge on any atom is -0.475 e. The molecule has 4 heterocycles. The second-order valence-corrected chi connectivity index (χ2v) is 8.52. The SMILES string of the molecule is CCOC(=O)c1ccc(-c2c(C3CNC3)cc3c(N4CCOCC4)ccnn23)cc1.O=C(O)C(F)(F)F. The molecule has 37 heavy (non-hydrogen) atoms. The molecule has 198 valence electrons. The molecule has 0 aliphatic carbocycles. The number of ether oxygens (including phenoxy) is 2. The van der Waals surface area contributed by atoms with Gasteiger partial charge in [0.25, 0.3) is 0 Å². The lowest BCUT2D eigenvalue weighted by atomic mass is 9.91. The van der Waals surface area contributed by atoms with Crippen molar-refractivity contribution in [3.05, 3.63) is 53.7 Å². The van der Waals surface area contributed by atoms with Crippen molar-refractivity contribution < 1.29 is 37.3 Å². The van der Waals surface area contributed by atoms with Crippen LogP contribution in [0.25, 0.3) is 16.8 Å². The Hall–Kier alpha value is -3.64. The summed E-state index contributed by atoms with van der Waals surface area (Å²) in [6, 6.07) is 12.0. The minimum atomic E-state index is -5.08. The molecule has 2 fully saturated rings. The van der Waals surface area contributed by atoms with E-state index < -0.39 is 12.1 Å². The van der Waals surface area contributed by atoms with E-state index in [1.54, 1.807) is 0 Å². The van der Waals surface area contributed by atoms with E-state index in [1.165, 1.54) is 11.3 Å². The number of fused-ring (bicyclic) bond motifs is 1. The van der Waals surface area contributed by atoms with Gasteiger partial charge in [0, 0.05) is 43.9 Å². The van der Waals surface area contributed by atoms with E-state index in [4.69, 9.17) is 24.5 Å². The second-order valence-electron chi connectivity index (χ2n) is 8.52. The third kappa shape index (κ3) is 5.86. The highest BCUT2D eigenvalue weighted by Crippen LogP contribution is 2.37. The number of rotatable bonds is 5. The Kier molecular flexibility index (Phi) is 7.98. The summed E-state index contributed by atoms with van der Waals surface area (Å²) >= 11 is 0. The van der Waals surface area contributed by atoms with E-state index in [1.807, 2.05) is 37.4 Å². The molecule has 5 rings (SSSR count). The second kappa shape index (κ2) is 11.2. The van der Waals surface area contributed by atoms with Crippen LogP contribution >= 0.6 is 0 Å². The third-order valence-corrected chi connectivity index (χ3v) is 6.17. The number of carbonyl (C=O) groups excluding carboxylic acids is 1. The number of anilines is 1. The zero-order valence-corrected chi connectivity index (χ0v) is 20.1. The van der Waals surface area contributed by atoms with Crippen LogP contribution in [0.15, 0.2) is 42.6 Å². The van der Waals surface area contributed by atoms with Crippen LogP contribution in [0.4, 0.5) is 18.9 Å². The van der Waals surface area contributed by atoms with Crippen LogP contribution in [0.5, 0.6) is 0 Å². The molecule has 3 aromatic rings. The number of nitrogens with zero attached hydrogens (tertiary/aromatic N) is 3. The van der Waals surface area contributed by atoms with Crippen molar-refractivity contribution in [2.75, 3.05) is 50.9 Å². The summed E-state index contributed by atoms with van der Waals surface area (Å²) in [6.45, 7) is 7.39. The van der Waals surface area contributed by atoms with Crippen molar-refractivity contribution >= 4 is 23.1 Å². The Labute approximate surface area is 210 Å². The summed E-state index contributed by atoms with van der Waals surface area (Å²) in [7, 11) is 0. The van der Waals surface area contributed by atoms with Crippen LogP contribution in [0.2, 0.25) is 0 Å². The normalized spacial score (nSPS) is 16.1. The lowest BCUT2D eigenvalue weighted by Crippen LogP contribution is -2.39. The topological polar surface area (TPSA) is 105 Å². The quantitative estimate of drug-likeness (QED) is 0.494. The fraction of sp³-hybridized carbons (Fsp3) is 0.400. The Balaban J connectivity index is 0.000000405. The highest BCUT2D eigenvalue weighted by molar-refractivity contribution is 5.90. The van der Waals surface area contributed by atoms with Crippen molar-refractivity contribution in [1.82, 2.24) is 14.9 Å². The molecule has 0 saturated carbocycles. The Morgan fingerprint density at radius 3 is 2.35 bits per heavy atom. The molecule has 2 aliphatic heterocycles. The van der Waals surface area contributed by atoms with Gasteiger partial charge < -0.3 is 24.8 Å². The van der Waals surface area contributed by atoms with E-state index in [0.717, 1.165) is 56.2 Å². The Bertz CT molecular complexity index is 1250. The fourth-order valence-corrected chi connectivity index (χ4v) is 4.24. The molecular weight excluding hydrogens is 493 g/mol. The minimum absolute atomic E-state index is 0.291. The maximum absolute atomic E-state index is 12.0. The number of hydrogen-bond acceptors (Lipinski definition) is 7. The summed E-state index contributed by atoms with van der Waals surface area (Å²) in [6.07, 6.45) is -3.21. The van der Waals surface area contributed by atoms with Gasteiger partial charge in [-0.05, 0) is 36.8 Å². The highest BCUT2D eigenvalue weighted by atomic mass is 19.4. The van der Waals surface area contributed by atoms with Crippen molar-refractivity contribution in [3.8, 4) is 11.3 Å². The molecule has 12 heteroatoms. The van der Waals surface area contributed by atoms with E-state index >= 15 is 0 Å². The molecule has 2 saturated heterocycles. The lowest BCUT2D eigenvalue weighted by Gasteiger charge is -2.29. The monoisotopic (exact) mass is 520 g/mol. The summed E-state index contributed by atoms with van der Waals surface area (Å²) in [5.74, 6) is -2.59. The predicted octanol–water partition coefficient (Wildman–Crippen LogP) is 3.33. The van der Waals surface area contributed by atoms with Gasteiger partial charge >= 0.3 is 18.1 Å². The number of nitrogens with one attached hydrogen (secondary N) is 1. The van der Waals surface area contributed by atoms with Gasteiger partial charge in [0.1, 0.15) is 0 Å². The van der Waals surface area contributed by atoms with Crippen molar-refractivity contribution in [2.45, 2.75) is 19.0 Å². The first kappa shape index (κ1) is 26.4. The molecule has 1 aromatic carbocycles. The molecule has 0 spiro atoms. The van der Waals surface area contributed by atoms with Gasteiger partial charge in [-0.2, -0.15) is 18.3 Å². The standard InChI is InChI=1S/C23H26N4O3.C2HF3O2/c1-2-30-23(28)17-5-3-16(4-6-17)22-19(18-14-24-15-18)13-21-20(7-8-25-27(21)22)26-9-11-29-12-10-26;3-2(4,5)1(6)7/h3-8,13,18,24H,2,9-12,14-15H2,1H3;(H,6,7). The first-order chi connectivity index (χ1) is 17.7. The van der Waals surface area contributed by atoms with Crippen LogP contribution in [-0.2, 0) is 14.3 Å². The maximum Gasteiger partial charge on any atom is 0.490 e. The number of carboxylic acids is 1. The van der Waals surface area contributed by atoms with E-state index in [9.17, 15) is 18.0 Å². The third-order valence-electron chi connectivity index (χ3n) is 6.17. The number of morpholine rings is 1. The molecule has 0 unspecified atom stereocenters. The lowest BCUT2D eigenvalue weighted by molar-refractivity contribution is -0.192. The number of carboxylic acid groups (broad SMARTS) is 1. The summed E-state index contributed by atoms with van der Waals surface area (Å²) < 4.78 is 44.4. The number of benzene rings is 1. The molecule has 0 atom stereocenters. The van der Waals surface area contributed by atoms with Crippen LogP contribution in [0, 0.1) is 0 Å². The molecule has 2 aliphatic rings. The molecule has 2 N–H and O–H groups in total.